The maximum absolute atomic E-state index is 6.20. The standard InChI is InChI=1S/C17H18ClNS/c1-11(2)14-6-5-13(18)9-15(14)12-4-7-17-16(8-12)19(3)10-20-17/h4-9,11H,10H2,1-3H3. The van der Waals surface area contributed by atoms with E-state index in [4.69, 9.17) is 11.6 Å². The molecule has 1 aliphatic rings. The highest BCUT2D eigenvalue weighted by atomic mass is 35.5. The number of benzene rings is 2. The maximum atomic E-state index is 6.20. The lowest BCUT2D eigenvalue weighted by Gasteiger charge is -2.16. The quantitative estimate of drug-likeness (QED) is 0.707. The van der Waals surface area contributed by atoms with E-state index in [0.29, 0.717) is 5.92 Å². The highest BCUT2D eigenvalue weighted by Gasteiger charge is 2.18. The van der Waals surface area contributed by atoms with Gasteiger partial charge in [-0.3, -0.25) is 0 Å². The van der Waals surface area contributed by atoms with Crippen molar-refractivity contribution in [1.29, 1.82) is 0 Å². The maximum Gasteiger partial charge on any atom is 0.0683 e. The van der Waals surface area contributed by atoms with Crippen molar-refractivity contribution in [2.75, 3.05) is 17.8 Å². The van der Waals surface area contributed by atoms with Gasteiger partial charge in [-0.05, 0) is 46.9 Å². The van der Waals surface area contributed by atoms with Crippen LogP contribution in [0.1, 0.15) is 25.3 Å². The topological polar surface area (TPSA) is 3.24 Å². The van der Waals surface area contributed by atoms with Crippen LogP contribution in [0.2, 0.25) is 5.02 Å². The molecule has 104 valence electrons. The molecule has 0 amide bonds. The minimum Gasteiger partial charge on any atom is -0.364 e. The second-order valence-corrected chi connectivity index (χ2v) is 6.96. The highest BCUT2D eigenvalue weighted by Crippen LogP contribution is 2.41. The van der Waals surface area contributed by atoms with E-state index in [9.17, 15) is 0 Å². The van der Waals surface area contributed by atoms with E-state index in [1.807, 2.05) is 17.8 Å². The van der Waals surface area contributed by atoms with Gasteiger partial charge in [0.15, 0.2) is 0 Å². The first-order valence-electron chi connectivity index (χ1n) is 6.84. The minimum atomic E-state index is 0.489. The summed E-state index contributed by atoms with van der Waals surface area (Å²) < 4.78 is 0. The van der Waals surface area contributed by atoms with Crippen LogP contribution in [0.4, 0.5) is 5.69 Å². The highest BCUT2D eigenvalue weighted by molar-refractivity contribution is 7.99. The molecule has 0 unspecified atom stereocenters. The Morgan fingerprint density at radius 2 is 1.95 bits per heavy atom. The number of hydrogen-bond acceptors (Lipinski definition) is 2. The first-order valence-corrected chi connectivity index (χ1v) is 8.20. The van der Waals surface area contributed by atoms with Gasteiger partial charge in [-0.25, -0.2) is 0 Å². The summed E-state index contributed by atoms with van der Waals surface area (Å²) in [7, 11) is 2.14. The molecule has 1 heterocycles. The van der Waals surface area contributed by atoms with Crippen molar-refractivity contribution in [3.05, 3.63) is 47.0 Å². The second-order valence-electron chi connectivity index (χ2n) is 5.54. The van der Waals surface area contributed by atoms with E-state index in [1.165, 1.54) is 27.3 Å². The van der Waals surface area contributed by atoms with Gasteiger partial charge in [-0.1, -0.05) is 37.6 Å². The summed E-state index contributed by atoms with van der Waals surface area (Å²) in [6, 6.07) is 12.9. The molecule has 0 atom stereocenters. The van der Waals surface area contributed by atoms with E-state index in [-0.39, 0.29) is 0 Å². The molecule has 0 aliphatic carbocycles. The first kappa shape index (κ1) is 13.8. The van der Waals surface area contributed by atoms with Crippen LogP contribution >= 0.6 is 23.4 Å². The summed E-state index contributed by atoms with van der Waals surface area (Å²) >= 11 is 8.10. The number of fused-ring (bicyclic) bond motifs is 1. The average molecular weight is 304 g/mol. The Hall–Kier alpha value is -1.12. The van der Waals surface area contributed by atoms with E-state index < -0.39 is 0 Å². The smallest absolute Gasteiger partial charge is 0.0683 e. The van der Waals surface area contributed by atoms with Gasteiger partial charge in [-0.2, -0.15) is 0 Å². The summed E-state index contributed by atoms with van der Waals surface area (Å²) in [5.41, 5.74) is 5.18. The largest absolute Gasteiger partial charge is 0.364 e. The molecule has 0 radical (unpaired) electrons. The zero-order valence-corrected chi connectivity index (χ0v) is 13.6. The van der Waals surface area contributed by atoms with Gasteiger partial charge < -0.3 is 4.90 Å². The molecule has 3 rings (SSSR count). The number of nitrogens with zero attached hydrogens (tertiary/aromatic N) is 1. The number of halogens is 1. The molecule has 2 aromatic carbocycles. The van der Waals surface area contributed by atoms with Crippen LogP contribution in [0.3, 0.4) is 0 Å². The second kappa shape index (κ2) is 5.34. The van der Waals surface area contributed by atoms with Gasteiger partial charge in [0.05, 0.1) is 11.6 Å². The predicted octanol–water partition coefficient (Wildman–Crippen LogP) is 5.63. The number of rotatable bonds is 2. The van der Waals surface area contributed by atoms with Crippen LogP contribution in [0.15, 0.2) is 41.3 Å². The number of thioether (sulfide) groups is 1. The van der Waals surface area contributed by atoms with Crippen molar-refractivity contribution in [2.45, 2.75) is 24.7 Å². The monoisotopic (exact) mass is 303 g/mol. The first-order chi connectivity index (χ1) is 9.56. The van der Waals surface area contributed by atoms with Crippen LogP contribution in [0.25, 0.3) is 11.1 Å². The summed E-state index contributed by atoms with van der Waals surface area (Å²) in [5, 5.41) is 0.799. The third-order valence-corrected chi connectivity index (χ3v) is 5.14. The van der Waals surface area contributed by atoms with E-state index >= 15 is 0 Å². The summed E-state index contributed by atoms with van der Waals surface area (Å²) in [6.45, 7) is 4.45. The molecule has 0 spiro atoms. The fraction of sp³-hybridized carbons (Fsp3) is 0.294. The minimum absolute atomic E-state index is 0.489. The van der Waals surface area contributed by atoms with Gasteiger partial charge in [0.1, 0.15) is 0 Å². The normalized spacial score (nSPS) is 13.9. The molecule has 0 saturated heterocycles. The molecule has 0 saturated carbocycles. The van der Waals surface area contributed by atoms with Crippen molar-refractivity contribution in [1.82, 2.24) is 0 Å². The zero-order chi connectivity index (χ0) is 14.3. The lowest BCUT2D eigenvalue weighted by Crippen LogP contribution is -2.10. The Labute approximate surface area is 129 Å². The van der Waals surface area contributed by atoms with Crippen molar-refractivity contribution < 1.29 is 0 Å². The van der Waals surface area contributed by atoms with Crippen LogP contribution in [0, 0.1) is 0 Å². The molecule has 0 fully saturated rings. The molecule has 0 bridgehead atoms. The third-order valence-electron chi connectivity index (χ3n) is 3.73. The fourth-order valence-corrected chi connectivity index (χ4v) is 3.79. The molecular weight excluding hydrogens is 286 g/mol. The van der Waals surface area contributed by atoms with Gasteiger partial charge in [-0.15, -0.1) is 11.8 Å². The Bertz CT molecular complexity index is 651. The molecule has 0 aromatic heterocycles. The predicted molar refractivity (Wildman–Crippen MR) is 90.1 cm³/mol. The van der Waals surface area contributed by atoms with Crippen LogP contribution in [-0.4, -0.2) is 12.9 Å². The summed E-state index contributed by atoms with van der Waals surface area (Å²) in [4.78, 5) is 3.66. The van der Waals surface area contributed by atoms with E-state index in [2.05, 4.69) is 56.1 Å². The van der Waals surface area contributed by atoms with Crippen molar-refractivity contribution in [3.63, 3.8) is 0 Å². The van der Waals surface area contributed by atoms with Crippen LogP contribution in [0.5, 0.6) is 0 Å². The Kier molecular flexibility index (Phi) is 3.70. The molecule has 2 aromatic rings. The van der Waals surface area contributed by atoms with Crippen molar-refractivity contribution in [3.8, 4) is 11.1 Å². The molecule has 20 heavy (non-hydrogen) atoms. The van der Waals surface area contributed by atoms with Gasteiger partial charge in [0, 0.05) is 17.0 Å². The lowest BCUT2D eigenvalue weighted by molar-refractivity contribution is 0.869. The SMILES string of the molecule is CC(C)c1ccc(Cl)cc1-c1ccc2c(c1)N(C)CS2. The van der Waals surface area contributed by atoms with E-state index in [1.54, 1.807) is 0 Å². The Morgan fingerprint density at radius 3 is 2.70 bits per heavy atom. The van der Waals surface area contributed by atoms with Crippen molar-refractivity contribution >= 4 is 29.1 Å². The molecule has 1 nitrogen and oxygen atoms in total. The Morgan fingerprint density at radius 1 is 1.15 bits per heavy atom. The Balaban J connectivity index is 2.14. The third kappa shape index (κ3) is 2.43. The van der Waals surface area contributed by atoms with Gasteiger partial charge in [0.25, 0.3) is 0 Å². The zero-order valence-electron chi connectivity index (χ0n) is 12.0. The van der Waals surface area contributed by atoms with Gasteiger partial charge >= 0.3 is 0 Å². The molecule has 0 N–H and O–H groups in total. The summed E-state index contributed by atoms with van der Waals surface area (Å²) in [6.07, 6.45) is 0. The number of anilines is 1. The van der Waals surface area contributed by atoms with Gasteiger partial charge in [0.2, 0.25) is 0 Å². The lowest BCUT2D eigenvalue weighted by atomic mass is 9.92. The molecule has 1 aliphatic heterocycles. The van der Waals surface area contributed by atoms with E-state index in [0.717, 1.165) is 10.9 Å². The summed E-state index contributed by atoms with van der Waals surface area (Å²) in [5.74, 6) is 1.52. The van der Waals surface area contributed by atoms with Crippen LogP contribution in [-0.2, 0) is 0 Å². The fourth-order valence-electron chi connectivity index (χ4n) is 2.62. The number of hydrogen-bond donors (Lipinski definition) is 0. The average Bonchev–Trinajstić information content (AvgIpc) is 2.79. The van der Waals surface area contributed by atoms with Crippen LogP contribution < -0.4 is 4.90 Å². The van der Waals surface area contributed by atoms with Crippen molar-refractivity contribution in [2.24, 2.45) is 0 Å². The molecular formula is C17H18ClNS. The molecule has 3 heteroatoms.